The summed E-state index contributed by atoms with van der Waals surface area (Å²) in [6.07, 6.45) is 0. The van der Waals surface area contributed by atoms with Crippen molar-refractivity contribution in [2.24, 2.45) is 0 Å². The Kier molecular flexibility index (Phi) is 5.47. The van der Waals surface area contributed by atoms with Crippen molar-refractivity contribution in [3.8, 4) is 11.2 Å². The zero-order chi connectivity index (χ0) is 16.0. The molecule has 2 aromatic carbocycles. The Morgan fingerprint density at radius 1 is 1.14 bits per heavy atom. The van der Waals surface area contributed by atoms with Gasteiger partial charge in [0.1, 0.15) is 16.0 Å². The van der Waals surface area contributed by atoms with E-state index in [9.17, 15) is 8.42 Å². The van der Waals surface area contributed by atoms with Gasteiger partial charge in [-0.15, -0.1) is 0 Å². The number of rotatable bonds is 6. The number of ether oxygens (including phenoxy) is 1. The predicted molar refractivity (Wildman–Crippen MR) is 87.4 cm³/mol. The Balaban J connectivity index is 2.35. The van der Waals surface area contributed by atoms with E-state index < -0.39 is 15.1 Å². The number of benzene rings is 2. The average molecular weight is 333 g/mol. The lowest BCUT2D eigenvalue weighted by molar-refractivity contribution is 0.402. The van der Waals surface area contributed by atoms with E-state index in [4.69, 9.17) is 10.00 Å². The molecule has 2 rings (SSSR count). The van der Waals surface area contributed by atoms with Crippen molar-refractivity contribution in [2.45, 2.75) is 10.1 Å². The molecule has 0 unspecified atom stereocenters. The van der Waals surface area contributed by atoms with Crippen molar-refractivity contribution in [2.75, 3.05) is 12.9 Å². The highest BCUT2D eigenvalue weighted by molar-refractivity contribution is 8.04. The minimum Gasteiger partial charge on any atom is -0.495 e. The summed E-state index contributed by atoms with van der Waals surface area (Å²) < 4.78 is 30.5. The number of thioether (sulfide) groups is 1. The van der Waals surface area contributed by atoms with Gasteiger partial charge in [-0.2, -0.15) is 5.26 Å². The average Bonchev–Trinajstić information content (AvgIpc) is 2.55. The monoisotopic (exact) mass is 333 g/mol. The lowest BCUT2D eigenvalue weighted by atomic mass is 10.2. The molecule has 2 aromatic rings. The van der Waals surface area contributed by atoms with Gasteiger partial charge in [0.05, 0.1) is 18.1 Å². The van der Waals surface area contributed by atoms with Crippen LogP contribution in [-0.4, -0.2) is 21.3 Å². The summed E-state index contributed by atoms with van der Waals surface area (Å²) in [7, 11) is -2.13. The van der Waals surface area contributed by atoms with Crippen molar-refractivity contribution in [1.82, 2.24) is 0 Å². The van der Waals surface area contributed by atoms with E-state index in [-0.39, 0.29) is 10.6 Å². The summed E-state index contributed by atoms with van der Waals surface area (Å²) in [5.74, 6) is 0.159. The highest BCUT2D eigenvalue weighted by Crippen LogP contribution is 2.33. The molecule has 4 nitrogen and oxygen atoms in total. The first kappa shape index (κ1) is 16.4. The van der Waals surface area contributed by atoms with E-state index >= 15 is 0 Å². The molecule has 0 amide bonds. The van der Waals surface area contributed by atoms with E-state index in [1.165, 1.54) is 13.2 Å². The fraction of sp³-hybridized carbons (Fsp3) is 0.188. The van der Waals surface area contributed by atoms with Crippen LogP contribution in [-0.2, 0) is 9.84 Å². The molecule has 0 saturated heterocycles. The number of hydrogen-bond acceptors (Lipinski definition) is 5. The third-order valence-electron chi connectivity index (χ3n) is 3.14. The first-order valence-corrected chi connectivity index (χ1v) is 9.07. The fourth-order valence-electron chi connectivity index (χ4n) is 2.09. The van der Waals surface area contributed by atoms with Crippen molar-refractivity contribution in [3.05, 3.63) is 60.2 Å². The van der Waals surface area contributed by atoms with E-state index in [0.717, 1.165) is 17.3 Å². The Morgan fingerprint density at radius 2 is 1.77 bits per heavy atom. The third kappa shape index (κ3) is 3.81. The molecule has 0 aliphatic rings. The second kappa shape index (κ2) is 7.34. The van der Waals surface area contributed by atoms with Crippen molar-refractivity contribution in [1.29, 1.82) is 5.26 Å². The summed E-state index contributed by atoms with van der Waals surface area (Å²) in [4.78, 5) is 0.150. The Bertz CT molecular complexity index is 767. The van der Waals surface area contributed by atoms with Gasteiger partial charge >= 0.3 is 0 Å². The smallest absolute Gasteiger partial charge is 0.183 e. The van der Waals surface area contributed by atoms with Gasteiger partial charge in [-0.3, -0.25) is 0 Å². The highest BCUT2D eigenvalue weighted by Gasteiger charge is 2.25. The summed E-state index contributed by atoms with van der Waals surface area (Å²) >= 11 is 0.950. The summed E-state index contributed by atoms with van der Waals surface area (Å²) in [5, 5.41) is 10.5. The maximum absolute atomic E-state index is 12.7. The van der Waals surface area contributed by atoms with E-state index in [0.29, 0.717) is 5.75 Å². The van der Waals surface area contributed by atoms with Crippen LogP contribution in [0.2, 0.25) is 0 Å². The largest absolute Gasteiger partial charge is 0.495 e. The maximum atomic E-state index is 12.7. The van der Waals surface area contributed by atoms with Gasteiger partial charge in [0, 0.05) is 0 Å². The molecule has 0 radical (unpaired) electrons. The molecule has 114 valence electrons. The number of hydrogen-bond donors (Lipinski definition) is 0. The third-order valence-corrected chi connectivity index (χ3v) is 5.96. The molecule has 0 aromatic heterocycles. The number of sulfone groups is 1. The second-order valence-corrected chi connectivity index (χ2v) is 7.53. The molecule has 0 fully saturated rings. The van der Waals surface area contributed by atoms with Gasteiger partial charge in [-0.1, -0.05) is 42.5 Å². The number of para-hydroxylation sites is 1. The van der Waals surface area contributed by atoms with E-state index in [1.54, 1.807) is 18.2 Å². The number of nitrogens with zero attached hydrogens (tertiary/aromatic N) is 1. The first-order valence-electron chi connectivity index (χ1n) is 6.54. The summed E-state index contributed by atoms with van der Waals surface area (Å²) in [5.41, 5.74) is 0.813. The van der Waals surface area contributed by atoms with Crippen LogP contribution in [0.15, 0.2) is 59.5 Å². The Morgan fingerprint density at radius 3 is 2.41 bits per heavy atom. The zero-order valence-electron chi connectivity index (χ0n) is 12.0. The van der Waals surface area contributed by atoms with Crippen LogP contribution in [0.25, 0.3) is 0 Å². The van der Waals surface area contributed by atoms with Crippen molar-refractivity contribution >= 4 is 21.6 Å². The van der Waals surface area contributed by atoms with E-state index in [1.807, 2.05) is 35.7 Å². The summed E-state index contributed by atoms with van der Waals surface area (Å²) in [6, 6.07) is 15.7. The maximum Gasteiger partial charge on any atom is 0.183 e. The van der Waals surface area contributed by atoms with Crippen LogP contribution >= 0.6 is 11.8 Å². The standard InChI is InChI=1S/C16H15NO3S2/c1-20-14-9-5-6-10-16(14)22(18,19)11-15(21-12-17)13-7-3-2-4-8-13/h2-10,15H,11H2,1H3/t15-/m0/s1. The Labute approximate surface area is 134 Å². The normalized spacial score (nSPS) is 12.4. The topological polar surface area (TPSA) is 67.2 Å². The molecule has 0 bridgehead atoms. The minimum atomic E-state index is -3.57. The molecule has 0 saturated carbocycles. The van der Waals surface area contributed by atoms with Crippen LogP contribution in [0, 0.1) is 10.7 Å². The molecule has 0 aliphatic carbocycles. The van der Waals surface area contributed by atoms with Gasteiger partial charge in [0.15, 0.2) is 9.84 Å². The SMILES string of the molecule is COc1ccccc1S(=O)(=O)C[C@H](SC#N)c1ccccc1. The molecule has 0 heterocycles. The van der Waals surface area contributed by atoms with Crippen molar-refractivity contribution < 1.29 is 13.2 Å². The van der Waals surface area contributed by atoms with Crippen LogP contribution in [0.5, 0.6) is 5.75 Å². The molecular weight excluding hydrogens is 318 g/mol. The van der Waals surface area contributed by atoms with Crippen LogP contribution in [0.3, 0.4) is 0 Å². The van der Waals surface area contributed by atoms with Crippen LogP contribution in [0.4, 0.5) is 0 Å². The molecular formula is C16H15NO3S2. The number of thiocyanates is 1. The lowest BCUT2D eigenvalue weighted by Gasteiger charge is -2.15. The van der Waals surface area contributed by atoms with Gasteiger partial charge in [0.2, 0.25) is 0 Å². The van der Waals surface area contributed by atoms with Crippen LogP contribution < -0.4 is 4.74 Å². The van der Waals surface area contributed by atoms with E-state index in [2.05, 4.69) is 0 Å². The molecule has 1 atom stereocenters. The molecule has 0 spiro atoms. The minimum absolute atomic E-state index is 0.150. The number of methoxy groups -OCH3 is 1. The van der Waals surface area contributed by atoms with Gasteiger partial charge in [0.25, 0.3) is 0 Å². The van der Waals surface area contributed by atoms with Gasteiger partial charge < -0.3 is 4.74 Å². The van der Waals surface area contributed by atoms with Gasteiger partial charge in [-0.25, -0.2) is 8.42 Å². The Hall–Kier alpha value is -1.97. The quantitative estimate of drug-likeness (QED) is 0.758. The first-order chi connectivity index (χ1) is 10.6. The fourth-order valence-corrected chi connectivity index (χ4v) is 4.84. The van der Waals surface area contributed by atoms with Crippen molar-refractivity contribution in [3.63, 3.8) is 0 Å². The van der Waals surface area contributed by atoms with Gasteiger partial charge in [-0.05, 0) is 29.5 Å². The zero-order valence-corrected chi connectivity index (χ0v) is 13.6. The molecule has 0 aliphatic heterocycles. The highest BCUT2D eigenvalue weighted by atomic mass is 32.2. The second-order valence-electron chi connectivity index (χ2n) is 4.54. The molecule has 22 heavy (non-hydrogen) atoms. The predicted octanol–water partition coefficient (Wildman–Crippen LogP) is 3.42. The molecule has 6 heteroatoms. The number of nitriles is 1. The summed E-state index contributed by atoms with van der Waals surface area (Å²) in [6.45, 7) is 0. The molecule has 0 N–H and O–H groups in total. The van der Waals surface area contributed by atoms with Crippen LogP contribution in [0.1, 0.15) is 10.8 Å². The lowest BCUT2D eigenvalue weighted by Crippen LogP contribution is -2.13.